The molecule has 1 aromatic carbocycles. The normalized spacial score (nSPS) is 17.5. The molecule has 20 heavy (non-hydrogen) atoms. The average molecular weight is 380 g/mol. The van der Waals surface area contributed by atoms with Gasteiger partial charge in [-0.1, -0.05) is 38.1 Å². The van der Waals surface area contributed by atoms with E-state index >= 15 is 0 Å². The minimum absolute atomic E-state index is 0.0105. The number of benzene rings is 1. The second-order valence-corrected chi connectivity index (χ2v) is 6.67. The Hall–Kier alpha value is -1.17. The lowest BCUT2D eigenvalue weighted by molar-refractivity contribution is 0.692. The molecule has 0 radical (unpaired) electrons. The van der Waals surface area contributed by atoms with Gasteiger partial charge in [-0.3, -0.25) is 4.79 Å². The Labute approximate surface area is 132 Å². The minimum Gasteiger partial charge on any atom is -0.309 e. The Kier molecular flexibility index (Phi) is 3.67. The van der Waals surface area contributed by atoms with Crippen molar-refractivity contribution in [2.75, 3.05) is 0 Å². The van der Waals surface area contributed by atoms with Gasteiger partial charge in [0.25, 0.3) is 5.56 Å². The lowest BCUT2D eigenvalue weighted by Crippen LogP contribution is -2.20. The number of nitrogens with zero attached hydrogens (tertiary/aromatic N) is 1. The van der Waals surface area contributed by atoms with E-state index in [1.165, 1.54) is 11.1 Å². The summed E-state index contributed by atoms with van der Waals surface area (Å²) >= 11 is 2.09. The van der Waals surface area contributed by atoms with Crippen LogP contribution in [0.25, 0.3) is 0 Å². The number of aromatic nitrogens is 2. The summed E-state index contributed by atoms with van der Waals surface area (Å²) in [5.41, 5.74) is 3.59. The fraction of sp³-hybridized carbons (Fsp3) is 0.375. The van der Waals surface area contributed by atoms with Crippen molar-refractivity contribution in [3.8, 4) is 0 Å². The number of H-pyrrole nitrogens is 1. The molecule has 0 fully saturated rings. The first-order valence-corrected chi connectivity index (χ1v) is 8.03. The predicted octanol–water partition coefficient (Wildman–Crippen LogP) is 3.58. The number of hydrogen-bond donors (Lipinski definition) is 1. The van der Waals surface area contributed by atoms with Gasteiger partial charge >= 0.3 is 0 Å². The maximum absolute atomic E-state index is 12.1. The molecular weight excluding hydrogens is 363 g/mol. The molecule has 1 N–H and O–H groups in total. The summed E-state index contributed by atoms with van der Waals surface area (Å²) in [4.78, 5) is 19.9. The van der Waals surface area contributed by atoms with Gasteiger partial charge in [0.05, 0.1) is 9.26 Å². The van der Waals surface area contributed by atoms with Crippen molar-refractivity contribution in [1.82, 2.24) is 9.97 Å². The van der Waals surface area contributed by atoms with Gasteiger partial charge in [0.2, 0.25) is 0 Å². The number of nitrogens with one attached hydrogen (secondary N) is 1. The van der Waals surface area contributed by atoms with Crippen molar-refractivity contribution in [1.29, 1.82) is 0 Å². The first-order chi connectivity index (χ1) is 9.58. The van der Waals surface area contributed by atoms with Crippen LogP contribution in [-0.2, 0) is 6.42 Å². The number of rotatable bonds is 2. The van der Waals surface area contributed by atoms with E-state index in [2.05, 4.69) is 65.7 Å². The monoisotopic (exact) mass is 380 g/mol. The second kappa shape index (κ2) is 5.31. The molecular formula is C16H17IN2O. The quantitative estimate of drug-likeness (QED) is 0.810. The fourth-order valence-corrected chi connectivity index (χ4v) is 3.76. The molecule has 1 atom stereocenters. The summed E-state index contributed by atoms with van der Waals surface area (Å²) in [6.07, 6.45) is 2.09. The molecule has 1 aliphatic carbocycles. The van der Waals surface area contributed by atoms with Crippen LogP contribution in [0.5, 0.6) is 0 Å². The molecule has 0 bridgehead atoms. The largest absolute Gasteiger partial charge is 0.309 e. The summed E-state index contributed by atoms with van der Waals surface area (Å²) in [5.74, 6) is 1.32. The topological polar surface area (TPSA) is 45.8 Å². The third kappa shape index (κ3) is 2.30. The Morgan fingerprint density at radius 2 is 2.10 bits per heavy atom. The zero-order valence-electron chi connectivity index (χ0n) is 11.6. The summed E-state index contributed by atoms with van der Waals surface area (Å²) in [6.45, 7) is 4.16. The van der Waals surface area contributed by atoms with Crippen molar-refractivity contribution in [2.45, 2.75) is 38.5 Å². The van der Waals surface area contributed by atoms with Crippen molar-refractivity contribution < 1.29 is 0 Å². The summed E-state index contributed by atoms with van der Waals surface area (Å²) in [6, 6.07) is 8.46. The van der Waals surface area contributed by atoms with Crippen LogP contribution in [0, 0.1) is 3.57 Å². The van der Waals surface area contributed by atoms with E-state index in [0.29, 0.717) is 3.57 Å². The molecule has 1 aliphatic rings. The highest BCUT2D eigenvalue weighted by atomic mass is 127. The first kappa shape index (κ1) is 13.8. The Morgan fingerprint density at radius 1 is 1.35 bits per heavy atom. The molecule has 1 heterocycles. The van der Waals surface area contributed by atoms with Crippen LogP contribution in [-0.4, -0.2) is 9.97 Å². The zero-order valence-corrected chi connectivity index (χ0v) is 13.8. The number of aryl methyl sites for hydroxylation is 1. The highest BCUT2D eigenvalue weighted by Crippen LogP contribution is 2.36. The number of aromatic amines is 1. The van der Waals surface area contributed by atoms with E-state index in [1.54, 1.807) is 0 Å². The average Bonchev–Trinajstić information content (AvgIpc) is 2.85. The van der Waals surface area contributed by atoms with E-state index < -0.39 is 0 Å². The Morgan fingerprint density at radius 3 is 2.85 bits per heavy atom. The van der Waals surface area contributed by atoms with Gasteiger partial charge in [-0.25, -0.2) is 4.98 Å². The molecule has 0 aliphatic heterocycles. The summed E-state index contributed by atoms with van der Waals surface area (Å²) < 4.78 is 0.715. The highest BCUT2D eigenvalue weighted by molar-refractivity contribution is 14.1. The molecule has 3 rings (SSSR count). The third-order valence-corrected chi connectivity index (χ3v) is 4.96. The molecule has 0 amide bonds. The van der Waals surface area contributed by atoms with Gasteiger partial charge in [0, 0.05) is 5.92 Å². The van der Waals surface area contributed by atoms with Crippen LogP contribution in [0.2, 0.25) is 0 Å². The van der Waals surface area contributed by atoms with Crippen molar-refractivity contribution in [2.24, 2.45) is 0 Å². The van der Waals surface area contributed by atoms with Crippen LogP contribution in [0.15, 0.2) is 29.1 Å². The van der Waals surface area contributed by atoms with Crippen molar-refractivity contribution in [3.63, 3.8) is 0 Å². The van der Waals surface area contributed by atoms with Crippen LogP contribution < -0.4 is 5.56 Å². The van der Waals surface area contributed by atoms with Crippen LogP contribution in [0.3, 0.4) is 0 Å². The lowest BCUT2D eigenvalue weighted by atomic mass is 10.00. The first-order valence-electron chi connectivity index (χ1n) is 6.95. The molecule has 1 unspecified atom stereocenters. The van der Waals surface area contributed by atoms with E-state index in [0.717, 1.165) is 24.4 Å². The standard InChI is InChI=1S/C16H17IN2O/c1-9(2)14-13(17)16(20)19-15(18-14)12-8-7-10-5-3-4-6-11(10)12/h3-6,9,12H,7-8H2,1-2H3,(H,18,19,20). The molecule has 0 saturated carbocycles. The maximum Gasteiger partial charge on any atom is 0.264 e. The molecule has 0 saturated heterocycles. The SMILES string of the molecule is CC(C)c1nc(C2CCc3ccccc32)[nH]c(=O)c1I. The van der Waals surface area contributed by atoms with Crippen LogP contribution in [0.4, 0.5) is 0 Å². The highest BCUT2D eigenvalue weighted by Gasteiger charge is 2.26. The van der Waals surface area contributed by atoms with E-state index in [9.17, 15) is 4.79 Å². The van der Waals surface area contributed by atoms with E-state index in [4.69, 9.17) is 4.98 Å². The van der Waals surface area contributed by atoms with Gasteiger partial charge in [0.15, 0.2) is 0 Å². The van der Waals surface area contributed by atoms with Gasteiger partial charge in [-0.05, 0) is 52.5 Å². The van der Waals surface area contributed by atoms with Crippen LogP contribution in [0.1, 0.15) is 54.7 Å². The maximum atomic E-state index is 12.1. The summed E-state index contributed by atoms with van der Waals surface area (Å²) in [7, 11) is 0. The minimum atomic E-state index is -0.0105. The smallest absolute Gasteiger partial charge is 0.264 e. The van der Waals surface area contributed by atoms with Crippen LogP contribution >= 0.6 is 22.6 Å². The van der Waals surface area contributed by atoms with Gasteiger partial charge < -0.3 is 4.98 Å². The Bertz CT molecular complexity index is 706. The molecule has 104 valence electrons. The predicted molar refractivity (Wildman–Crippen MR) is 88.3 cm³/mol. The number of fused-ring (bicyclic) bond motifs is 1. The van der Waals surface area contributed by atoms with Gasteiger partial charge in [0.1, 0.15) is 5.82 Å². The lowest BCUT2D eigenvalue weighted by Gasteiger charge is -2.14. The molecule has 4 heteroatoms. The van der Waals surface area contributed by atoms with Gasteiger partial charge in [-0.2, -0.15) is 0 Å². The molecule has 3 nitrogen and oxygen atoms in total. The molecule has 2 aromatic rings. The second-order valence-electron chi connectivity index (χ2n) is 5.60. The third-order valence-electron chi connectivity index (χ3n) is 3.92. The number of hydrogen-bond acceptors (Lipinski definition) is 2. The van der Waals surface area contributed by atoms with E-state index in [1.807, 2.05) is 0 Å². The number of halogens is 1. The molecule has 0 spiro atoms. The zero-order chi connectivity index (χ0) is 14.3. The van der Waals surface area contributed by atoms with Gasteiger partial charge in [-0.15, -0.1) is 0 Å². The van der Waals surface area contributed by atoms with Crippen molar-refractivity contribution >= 4 is 22.6 Å². The fourth-order valence-electron chi connectivity index (χ4n) is 2.88. The van der Waals surface area contributed by atoms with E-state index in [-0.39, 0.29) is 17.4 Å². The Balaban J connectivity index is 2.11. The van der Waals surface area contributed by atoms with Crippen molar-refractivity contribution in [3.05, 3.63) is 60.8 Å². The summed E-state index contributed by atoms with van der Waals surface area (Å²) in [5, 5.41) is 0. The molecule has 1 aromatic heterocycles.